The molecule has 0 aliphatic rings. The molecule has 0 aliphatic carbocycles. The highest BCUT2D eigenvalue weighted by Gasteiger charge is 2.13. The van der Waals surface area contributed by atoms with Crippen molar-refractivity contribution in [2.24, 2.45) is 0 Å². The standard InChI is InChI=1S/C21H16ClN5O/c1-13-24-18(12-19(25-13)26-16-8-3-7-15(22)11-16)21(28)27-17-9-2-5-14-6-4-10-23-20(14)17/h2-12H,1H3,(H,27,28)(H,24,25,26). The summed E-state index contributed by atoms with van der Waals surface area (Å²) in [7, 11) is 0. The smallest absolute Gasteiger partial charge is 0.274 e. The number of fused-ring (bicyclic) bond motifs is 1. The van der Waals surface area contributed by atoms with Crippen LogP contribution in [0.15, 0.2) is 66.9 Å². The summed E-state index contributed by atoms with van der Waals surface area (Å²) in [6, 6.07) is 18.3. The topological polar surface area (TPSA) is 79.8 Å². The average Bonchev–Trinajstić information content (AvgIpc) is 2.68. The zero-order chi connectivity index (χ0) is 19.5. The van der Waals surface area contributed by atoms with Crippen molar-refractivity contribution in [2.75, 3.05) is 10.6 Å². The minimum absolute atomic E-state index is 0.255. The number of nitrogens with one attached hydrogen (secondary N) is 2. The summed E-state index contributed by atoms with van der Waals surface area (Å²) in [5.74, 6) is 0.655. The number of aryl methyl sites for hydroxylation is 1. The van der Waals surface area contributed by atoms with Gasteiger partial charge < -0.3 is 10.6 Å². The van der Waals surface area contributed by atoms with Crippen LogP contribution in [0.1, 0.15) is 16.3 Å². The van der Waals surface area contributed by atoms with Gasteiger partial charge in [-0.2, -0.15) is 0 Å². The van der Waals surface area contributed by atoms with Crippen LogP contribution in [-0.4, -0.2) is 20.9 Å². The van der Waals surface area contributed by atoms with Gasteiger partial charge in [0.05, 0.1) is 11.2 Å². The summed E-state index contributed by atoms with van der Waals surface area (Å²) >= 11 is 6.02. The lowest BCUT2D eigenvalue weighted by molar-refractivity contribution is 0.102. The maximum absolute atomic E-state index is 12.8. The van der Waals surface area contributed by atoms with Crippen LogP contribution in [-0.2, 0) is 0 Å². The molecule has 2 aromatic heterocycles. The third-order valence-electron chi connectivity index (χ3n) is 4.05. The van der Waals surface area contributed by atoms with Crippen LogP contribution >= 0.6 is 11.6 Å². The molecule has 6 nitrogen and oxygen atoms in total. The minimum Gasteiger partial charge on any atom is -0.340 e. The fourth-order valence-electron chi connectivity index (χ4n) is 2.85. The van der Waals surface area contributed by atoms with E-state index in [0.717, 1.165) is 16.6 Å². The van der Waals surface area contributed by atoms with Crippen molar-refractivity contribution in [3.05, 3.63) is 83.4 Å². The molecular weight excluding hydrogens is 374 g/mol. The maximum Gasteiger partial charge on any atom is 0.274 e. The fraction of sp³-hybridized carbons (Fsp3) is 0.0476. The van der Waals surface area contributed by atoms with E-state index < -0.39 is 0 Å². The summed E-state index contributed by atoms with van der Waals surface area (Å²) in [5, 5.41) is 7.59. The third-order valence-corrected chi connectivity index (χ3v) is 4.28. The van der Waals surface area contributed by atoms with E-state index in [2.05, 4.69) is 25.6 Å². The molecule has 0 bridgehead atoms. The summed E-state index contributed by atoms with van der Waals surface area (Å²) < 4.78 is 0. The second-order valence-electron chi connectivity index (χ2n) is 6.16. The van der Waals surface area contributed by atoms with Crippen LogP contribution in [0.2, 0.25) is 5.02 Å². The third kappa shape index (κ3) is 3.92. The van der Waals surface area contributed by atoms with Crippen molar-refractivity contribution < 1.29 is 4.79 Å². The monoisotopic (exact) mass is 389 g/mol. The highest BCUT2D eigenvalue weighted by atomic mass is 35.5. The molecule has 2 N–H and O–H groups in total. The summed E-state index contributed by atoms with van der Waals surface area (Å²) in [4.78, 5) is 25.7. The predicted octanol–water partition coefficient (Wildman–Crippen LogP) is 4.98. The normalized spacial score (nSPS) is 10.6. The lowest BCUT2D eigenvalue weighted by Gasteiger charge is -2.10. The second kappa shape index (κ2) is 7.62. The number of para-hydroxylation sites is 1. The Kier molecular flexibility index (Phi) is 4.87. The molecule has 4 aromatic rings. The van der Waals surface area contributed by atoms with E-state index >= 15 is 0 Å². The molecule has 28 heavy (non-hydrogen) atoms. The molecule has 4 rings (SSSR count). The number of halogens is 1. The van der Waals surface area contributed by atoms with Crippen molar-refractivity contribution >= 4 is 45.6 Å². The molecule has 1 amide bonds. The number of amides is 1. The Morgan fingerprint density at radius 1 is 1.00 bits per heavy atom. The second-order valence-corrected chi connectivity index (χ2v) is 6.59. The van der Waals surface area contributed by atoms with Gasteiger partial charge in [0.15, 0.2) is 0 Å². The highest BCUT2D eigenvalue weighted by molar-refractivity contribution is 6.30. The number of hydrogen-bond donors (Lipinski definition) is 2. The number of benzene rings is 2. The SMILES string of the molecule is Cc1nc(Nc2cccc(Cl)c2)cc(C(=O)Nc2cccc3cccnc23)n1. The van der Waals surface area contributed by atoms with Crippen molar-refractivity contribution in [2.45, 2.75) is 6.92 Å². The Balaban J connectivity index is 1.61. The number of hydrogen-bond acceptors (Lipinski definition) is 5. The van der Waals surface area contributed by atoms with Gasteiger partial charge in [-0.15, -0.1) is 0 Å². The number of anilines is 3. The van der Waals surface area contributed by atoms with Gasteiger partial charge in [0.1, 0.15) is 17.3 Å². The molecule has 0 spiro atoms. The highest BCUT2D eigenvalue weighted by Crippen LogP contribution is 2.22. The van der Waals surface area contributed by atoms with Gasteiger partial charge >= 0.3 is 0 Å². The Morgan fingerprint density at radius 2 is 1.82 bits per heavy atom. The van der Waals surface area contributed by atoms with Gasteiger partial charge in [0.2, 0.25) is 0 Å². The molecule has 0 atom stereocenters. The van der Waals surface area contributed by atoms with Gasteiger partial charge in [-0.25, -0.2) is 9.97 Å². The molecular formula is C21H16ClN5O. The molecule has 7 heteroatoms. The van der Waals surface area contributed by atoms with Gasteiger partial charge in [-0.1, -0.05) is 35.9 Å². The molecule has 0 saturated heterocycles. The lowest BCUT2D eigenvalue weighted by atomic mass is 10.2. The largest absolute Gasteiger partial charge is 0.340 e. The number of pyridine rings is 1. The quantitative estimate of drug-likeness (QED) is 0.514. The number of carbonyl (C=O) groups is 1. The molecule has 0 radical (unpaired) electrons. The van der Waals surface area contributed by atoms with Gasteiger partial charge in [-0.3, -0.25) is 9.78 Å². The van der Waals surface area contributed by atoms with E-state index in [4.69, 9.17) is 11.6 Å². The number of rotatable bonds is 4. The van der Waals surface area contributed by atoms with Crippen LogP contribution in [0.5, 0.6) is 0 Å². The van der Waals surface area contributed by atoms with Crippen LogP contribution in [0.3, 0.4) is 0 Å². The van der Waals surface area contributed by atoms with Crippen LogP contribution in [0.4, 0.5) is 17.2 Å². The number of aromatic nitrogens is 3. The number of nitrogens with zero attached hydrogens (tertiary/aromatic N) is 3. The van der Waals surface area contributed by atoms with Crippen LogP contribution in [0, 0.1) is 6.92 Å². The molecule has 0 saturated carbocycles. The van der Waals surface area contributed by atoms with Crippen molar-refractivity contribution in [3.63, 3.8) is 0 Å². The van der Waals surface area contributed by atoms with Gasteiger partial charge in [0.25, 0.3) is 5.91 Å². The van der Waals surface area contributed by atoms with E-state index in [-0.39, 0.29) is 11.6 Å². The van der Waals surface area contributed by atoms with Crippen LogP contribution < -0.4 is 10.6 Å². The first-order chi connectivity index (χ1) is 13.6. The lowest BCUT2D eigenvalue weighted by Crippen LogP contribution is -2.15. The molecule has 138 valence electrons. The Morgan fingerprint density at radius 3 is 2.68 bits per heavy atom. The molecule has 2 aromatic carbocycles. The summed E-state index contributed by atoms with van der Waals surface area (Å²) in [6.07, 6.45) is 1.69. The summed E-state index contributed by atoms with van der Waals surface area (Å²) in [6.45, 7) is 1.74. The number of carbonyl (C=O) groups excluding carboxylic acids is 1. The minimum atomic E-state index is -0.335. The zero-order valence-corrected chi connectivity index (χ0v) is 15.7. The van der Waals surface area contributed by atoms with Crippen molar-refractivity contribution in [1.29, 1.82) is 0 Å². The molecule has 0 unspecified atom stereocenters. The van der Waals surface area contributed by atoms with E-state index in [9.17, 15) is 4.79 Å². The van der Waals surface area contributed by atoms with E-state index in [0.29, 0.717) is 22.4 Å². The zero-order valence-electron chi connectivity index (χ0n) is 15.0. The molecule has 2 heterocycles. The van der Waals surface area contributed by atoms with E-state index in [1.165, 1.54) is 0 Å². The summed E-state index contributed by atoms with van der Waals surface area (Å²) in [5.41, 5.74) is 2.38. The Labute approximate surface area is 166 Å². The first-order valence-electron chi connectivity index (χ1n) is 8.62. The van der Waals surface area contributed by atoms with Gasteiger partial charge in [0, 0.05) is 28.4 Å². The maximum atomic E-state index is 12.8. The van der Waals surface area contributed by atoms with E-state index in [1.807, 2.05) is 42.5 Å². The van der Waals surface area contributed by atoms with Crippen LogP contribution in [0.25, 0.3) is 10.9 Å². The Bertz CT molecular complexity index is 1170. The predicted molar refractivity (Wildman–Crippen MR) is 111 cm³/mol. The van der Waals surface area contributed by atoms with Crippen molar-refractivity contribution in [1.82, 2.24) is 15.0 Å². The first kappa shape index (κ1) is 17.9. The fourth-order valence-corrected chi connectivity index (χ4v) is 3.04. The first-order valence-corrected chi connectivity index (χ1v) is 9.00. The Hall–Kier alpha value is -3.51. The molecule has 0 fully saturated rings. The van der Waals surface area contributed by atoms with E-state index in [1.54, 1.807) is 31.3 Å². The molecule has 0 aliphatic heterocycles. The van der Waals surface area contributed by atoms with Gasteiger partial charge in [-0.05, 0) is 37.3 Å². The van der Waals surface area contributed by atoms with Crippen molar-refractivity contribution in [3.8, 4) is 0 Å². The average molecular weight is 390 g/mol.